The van der Waals surface area contributed by atoms with Crippen molar-refractivity contribution in [2.75, 3.05) is 0 Å². The average molecular weight is 559 g/mol. The molecule has 6 aliphatic rings. The molecule has 2 aromatic rings. The summed E-state index contributed by atoms with van der Waals surface area (Å²) in [4.78, 5) is 0. The Morgan fingerprint density at radius 1 is 0.634 bits per heavy atom. The molecular formula is C40H46S. The minimum Gasteiger partial charge on any atom is -0.154 e. The third-order valence-corrected chi connectivity index (χ3v) is 13.6. The molecule has 3 fully saturated rings. The van der Waals surface area contributed by atoms with Crippen LogP contribution in [0.25, 0.3) is 22.9 Å². The number of rotatable bonds is 4. The summed E-state index contributed by atoms with van der Waals surface area (Å²) in [6, 6.07) is 9.64. The summed E-state index contributed by atoms with van der Waals surface area (Å²) in [6.07, 6.45) is 40.6. The zero-order valence-corrected chi connectivity index (χ0v) is 25.4. The van der Waals surface area contributed by atoms with Crippen LogP contribution in [0.15, 0.2) is 72.9 Å². The third kappa shape index (κ3) is 4.85. The van der Waals surface area contributed by atoms with E-state index in [9.17, 15) is 0 Å². The monoisotopic (exact) mass is 558 g/mol. The Balaban J connectivity index is 1.16. The Morgan fingerprint density at radius 3 is 2.22 bits per heavy atom. The van der Waals surface area contributed by atoms with E-state index in [-0.39, 0.29) is 0 Å². The van der Waals surface area contributed by atoms with Crippen LogP contribution >= 0.6 is 11.8 Å². The van der Waals surface area contributed by atoms with E-state index in [1.54, 1.807) is 32.3 Å². The Kier molecular flexibility index (Phi) is 7.36. The van der Waals surface area contributed by atoms with E-state index in [1.165, 1.54) is 77.0 Å². The molecule has 0 amide bonds. The summed E-state index contributed by atoms with van der Waals surface area (Å²) < 4.78 is 0. The number of thioether (sulfide) groups is 1. The molecule has 1 saturated heterocycles. The fourth-order valence-corrected chi connectivity index (χ4v) is 11.7. The molecule has 8 rings (SSSR count). The summed E-state index contributed by atoms with van der Waals surface area (Å²) >= 11 is 2.37. The molecule has 1 heterocycles. The lowest BCUT2D eigenvalue weighted by atomic mass is 9.66. The van der Waals surface area contributed by atoms with Crippen LogP contribution in [0, 0.1) is 23.7 Å². The maximum Gasteiger partial charge on any atom is 0.0116 e. The second-order valence-corrected chi connectivity index (χ2v) is 15.3. The average Bonchev–Trinajstić information content (AvgIpc) is 3.55. The van der Waals surface area contributed by atoms with Gasteiger partial charge in [-0.1, -0.05) is 97.9 Å². The van der Waals surface area contributed by atoms with Gasteiger partial charge in [-0.3, -0.25) is 0 Å². The molecule has 2 aromatic carbocycles. The summed E-state index contributed by atoms with van der Waals surface area (Å²) in [5, 5.41) is 8.14. The first-order valence-electron chi connectivity index (χ1n) is 16.9. The Bertz CT molecular complexity index is 1530. The topological polar surface area (TPSA) is 0 Å². The minimum atomic E-state index is 0.639. The van der Waals surface area contributed by atoms with Gasteiger partial charge in [0.25, 0.3) is 0 Å². The van der Waals surface area contributed by atoms with Crippen LogP contribution in [-0.2, 0) is 0 Å². The molecule has 0 bridgehead atoms. The number of allylic oxidation sites excluding steroid dienone is 8. The van der Waals surface area contributed by atoms with Gasteiger partial charge < -0.3 is 0 Å². The molecule has 8 atom stereocenters. The van der Waals surface area contributed by atoms with Gasteiger partial charge in [-0.15, -0.1) is 0 Å². The lowest BCUT2D eigenvalue weighted by Gasteiger charge is -2.39. The summed E-state index contributed by atoms with van der Waals surface area (Å²) in [5.41, 5.74) is 3.42. The maximum atomic E-state index is 2.66. The summed E-state index contributed by atoms with van der Waals surface area (Å²) in [7, 11) is 0. The number of benzene rings is 2. The Morgan fingerprint density at radius 2 is 1.37 bits per heavy atom. The van der Waals surface area contributed by atoms with Gasteiger partial charge in [0, 0.05) is 10.5 Å². The molecule has 41 heavy (non-hydrogen) atoms. The lowest BCUT2D eigenvalue weighted by molar-refractivity contribution is 0.290. The highest BCUT2D eigenvalue weighted by molar-refractivity contribution is 8.00. The maximum absolute atomic E-state index is 2.66. The van der Waals surface area contributed by atoms with Crippen molar-refractivity contribution in [1.82, 2.24) is 0 Å². The normalized spacial score (nSPS) is 36.0. The number of fused-ring (bicyclic) bond motifs is 3. The zero-order valence-electron chi connectivity index (χ0n) is 24.6. The first-order valence-corrected chi connectivity index (χ1v) is 17.9. The van der Waals surface area contributed by atoms with E-state index in [0.29, 0.717) is 23.7 Å². The van der Waals surface area contributed by atoms with Gasteiger partial charge >= 0.3 is 0 Å². The lowest BCUT2D eigenvalue weighted by Crippen LogP contribution is -2.40. The second-order valence-electron chi connectivity index (χ2n) is 13.9. The summed E-state index contributed by atoms with van der Waals surface area (Å²) in [6.45, 7) is 0. The predicted molar refractivity (Wildman–Crippen MR) is 179 cm³/mol. The van der Waals surface area contributed by atoms with Crippen LogP contribution in [-0.4, -0.2) is 10.5 Å². The number of hydrogen-bond acceptors (Lipinski definition) is 1. The highest BCUT2D eigenvalue weighted by Crippen LogP contribution is 2.50. The van der Waals surface area contributed by atoms with Crippen molar-refractivity contribution in [3.05, 3.63) is 94.4 Å². The molecule has 0 N–H and O–H groups in total. The molecule has 2 saturated carbocycles. The molecule has 0 nitrogen and oxygen atoms in total. The molecule has 0 aromatic heterocycles. The SMILES string of the molecule is C1=CCC(C2CCC(C3CCCC(c4c5c(c(C6CCCC7C=CC=CC76)c6ccccc46)=CCCC=5)C3)S2)C=C1. The highest BCUT2D eigenvalue weighted by atomic mass is 32.2. The van der Waals surface area contributed by atoms with Crippen molar-refractivity contribution in [2.45, 2.75) is 99.4 Å². The van der Waals surface area contributed by atoms with Crippen molar-refractivity contribution in [3.63, 3.8) is 0 Å². The molecule has 1 heteroatoms. The first-order chi connectivity index (χ1) is 20.3. The van der Waals surface area contributed by atoms with E-state index < -0.39 is 0 Å². The van der Waals surface area contributed by atoms with Crippen molar-refractivity contribution in [3.8, 4) is 0 Å². The van der Waals surface area contributed by atoms with Gasteiger partial charge in [-0.2, -0.15) is 11.8 Å². The molecule has 5 aliphatic carbocycles. The van der Waals surface area contributed by atoms with Gasteiger partial charge in [0.2, 0.25) is 0 Å². The van der Waals surface area contributed by atoms with E-state index >= 15 is 0 Å². The van der Waals surface area contributed by atoms with Crippen LogP contribution < -0.4 is 10.4 Å². The van der Waals surface area contributed by atoms with Crippen molar-refractivity contribution < 1.29 is 0 Å². The third-order valence-electron chi connectivity index (χ3n) is 11.7. The molecule has 8 unspecified atom stereocenters. The van der Waals surface area contributed by atoms with Gasteiger partial charge in [0.15, 0.2) is 0 Å². The zero-order chi connectivity index (χ0) is 27.2. The van der Waals surface area contributed by atoms with Crippen LogP contribution in [0.2, 0.25) is 0 Å². The van der Waals surface area contributed by atoms with Crippen molar-refractivity contribution >= 4 is 34.7 Å². The van der Waals surface area contributed by atoms with Crippen LogP contribution in [0.4, 0.5) is 0 Å². The van der Waals surface area contributed by atoms with Crippen LogP contribution in [0.1, 0.15) is 100 Å². The summed E-state index contributed by atoms with van der Waals surface area (Å²) in [5.74, 6) is 4.36. The van der Waals surface area contributed by atoms with E-state index in [1.807, 2.05) is 0 Å². The van der Waals surface area contributed by atoms with E-state index in [4.69, 9.17) is 0 Å². The van der Waals surface area contributed by atoms with Gasteiger partial charge in [-0.25, -0.2) is 0 Å². The molecule has 212 valence electrons. The fourth-order valence-electron chi connectivity index (χ4n) is 9.82. The number of hydrogen-bond donors (Lipinski definition) is 0. The van der Waals surface area contributed by atoms with Crippen molar-refractivity contribution in [1.29, 1.82) is 0 Å². The predicted octanol–water partition coefficient (Wildman–Crippen LogP) is 9.49. The standard InChI is InChI=1S/C40H46S/c1-2-13-28(14-3-1)37-24-25-38(41-37)29-16-10-17-30(26-29)39-33-19-6-8-21-35(33)40(36-22-9-7-20-34(36)39)32-23-11-15-27-12-4-5-18-31(27)32/h1-6,8,12-13,18-22,27-32,37-38H,7,9-11,14-17,23-26H2. The molecule has 0 spiro atoms. The van der Waals surface area contributed by atoms with E-state index in [2.05, 4.69) is 96.8 Å². The largest absolute Gasteiger partial charge is 0.154 e. The molecular weight excluding hydrogens is 513 g/mol. The Labute approximate surface area is 251 Å². The minimum absolute atomic E-state index is 0.639. The van der Waals surface area contributed by atoms with E-state index in [0.717, 1.165) is 22.3 Å². The fraction of sp³-hybridized carbons (Fsp3) is 0.500. The van der Waals surface area contributed by atoms with Gasteiger partial charge in [0.1, 0.15) is 0 Å². The van der Waals surface area contributed by atoms with Gasteiger partial charge in [-0.05, 0) is 132 Å². The quantitative estimate of drug-likeness (QED) is 0.360. The highest BCUT2D eigenvalue weighted by Gasteiger charge is 2.39. The van der Waals surface area contributed by atoms with Gasteiger partial charge in [0.05, 0.1) is 0 Å². The van der Waals surface area contributed by atoms with Crippen LogP contribution in [0.5, 0.6) is 0 Å². The Hall–Kier alpha value is -2.25. The first kappa shape index (κ1) is 26.4. The molecule has 1 aliphatic heterocycles. The second kappa shape index (κ2) is 11.4. The van der Waals surface area contributed by atoms with Crippen molar-refractivity contribution in [2.24, 2.45) is 23.7 Å². The van der Waals surface area contributed by atoms with Crippen LogP contribution in [0.3, 0.4) is 0 Å². The molecule has 0 radical (unpaired) electrons. The smallest absolute Gasteiger partial charge is 0.0116 e.